The van der Waals surface area contributed by atoms with Crippen LogP contribution >= 0.6 is 11.8 Å². The van der Waals surface area contributed by atoms with Crippen LogP contribution < -0.4 is 5.32 Å². The molecule has 1 saturated heterocycles. The zero-order valence-corrected chi connectivity index (χ0v) is 9.90. The van der Waals surface area contributed by atoms with E-state index in [0.717, 1.165) is 26.1 Å². The van der Waals surface area contributed by atoms with Crippen molar-refractivity contribution in [2.45, 2.75) is 26.3 Å². The summed E-state index contributed by atoms with van der Waals surface area (Å²) in [6, 6.07) is 0.388. The Kier molecular flexibility index (Phi) is 5.33. The third kappa shape index (κ3) is 4.33. The van der Waals surface area contributed by atoms with Crippen molar-refractivity contribution in [3.8, 4) is 0 Å². The van der Waals surface area contributed by atoms with E-state index in [2.05, 4.69) is 17.1 Å². The van der Waals surface area contributed by atoms with E-state index in [1.807, 2.05) is 11.8 Å². The number of carbonyl (C=O) groups is 1. The summed E-state index contributed by atoms with van der Waals surface area (Å²) in [5.41, 5.74) is 0. The molecule has 1 aliphatic heterocycles. The van der Waals surface area contributed by atoms with Crippen molar-refractivity contribution in [2.24, 2.45) is 0 Å². The first-order chi connectivity index (χ1) is 6.72. The molecule has 0 aliphatic carbocycles. The molecule has 0 aromatic heterocycles. The molecule has 1 fully saturated rings. The highest BCUT2D eigenvalue weighted by atomic mass is 32.2. The highest BCUT2D eigenvalue weighted by Crippen LogP contribution is 2.10. The average molecular weight is 216 g/mol. The number of likely N-dealkylation sites (tertiary alicyclic amines) is 1. The van der Waals surface area contributed by atoms with Gasteiger partial charge in [-0.15, -0.1) is 0 Å². The molecular weight excluding hydrogens is 196 g/mol. The third-order valence-corrected chi connectivity index (χ3v) is 3.32. The fraction of sp³-hybridized carbons (Fsp3) is 0.900. The maximum absolute atomic E-state index is 10.8. The van der Waals surface area contributed by atoms with Crippen LogP contribution in [-0.2, 0) is 4.79 Å². The van der Waals surface area contributed by atoms with Crippen LogP contribution in [0, 0.1) is 0 Å². The summed E-state index contributed by atoms with van der Waals surface area (Å²) >= 11 is 1.98. The van der Waals surface area contributed by atoms with E-state index < -0.39 is 0 Å². The molecule has 0 radical (unpaired) electrons. The van der Waals surface area contributed by atoms with Gasteiger partial charge in [0.2, 0.25) is 5.91 Å². The molecule has 1 atom stereocenters. The standard InChI is InChI=1S/C10H20N2OS/c1-3-14-7-6-12-5-4-10(8-12)11-9(2)13/h10H,3-8H2,1-2H3,(H,11,13). The number of thioether (sulfide) groups is 1. The number of hydrogen-bond donors (Lipinski definition) is 1. The van der Waals surface area contributed by atoms with Gasteiger partial charge >= 0.3 is 0 Å². The average Bonchev–Trinajstić information content (AvgIpc) is 2.52. The minimum Gasteiger partial charge on any atom is -0.352 e. The summed E-state index contributed by atoms with van der Waals surface area (Å²) in [7, 11) is 0. The van der Waals surface area contributed by atoms with Crippen molar-refractivity contribution in [2.75, 3.05) is 31.1 Å². The number of amides is 1. The predicted octanol–water partition coefficient (Wildman–Crippen LogP) is 0.950. The van der Waals surface area contributed by atoms with Crippen LogP contribution in [0.1, 0.15) is 20.3 Å². The fourth-order valence-corrected chi connectivity index (χ4v) is 2.45. The Morgan fingerprint density at radius 2 is 2.43 bits per heavy atom. The van der Waals surface area contributed by atoms with E-state index in [-0.39, 0.29) is 5.91 Å². The second kappa shape index (κ2) is 6.30. The molecule has 1 N–H and O–H groups in total. The number of rotatable bonds is 5. The molecule has 0 aromatic rings. The molecule has 0 spiro atoms. The Morgan fingerprint density at radius 3 is 3.07 bits per heavy atom. The van der Waals surface area contributed by atoms with Crippen molar-refractivity contribution in [3.05, 3.63) is 0 Å². The summed E-state index contributed by atoms with van der Waals surface area (Å²) in [4.78, 5) is 13.3. The second-order valence-electron chi connectivity index (χ2n) is 3.68. The van der Waals surface area contributed by atoms with Gasteiger partial charge in [0.15, 0.2) is 0 Å². The maximum Gasteiger partial charge on any atom is 0.217 e. The van der Waals surface area contributed by atoms with E-state index in [4.69, 9.17) is 0 Å². The molecule has 1 amide bonds. The topological polar surface area (TPSA) is 32.3 Å². The molecule has 1 rings (SSSR count). The first-order valence-electron chi connectivity index (χ1n) is 5.29. The Bertz CT molecular complexity index is 187. The lowest BCUT2D eigenvalue weighted by molar-refractivity contribution is -0.119. The van der Waals surface area contributed by atoms with Gasteiger partial charge in [-0.05, 0) is 12.2 Å². The monoisotopic (exact) mass is 216 g/mol. The molecule has 3 nitrogen and oxygen atoms in total. The zero-order chi connectivity index (χ0) is 10.4. The SMILES string of the molecule is CCSCCN1CCC(NC(C)=O)C1. The fourth-order valence-electron chi connectivity index (χ4n) is 1.78. The van der Waals surface area contributed by atoms with Crippen LogP contribution in [0.25, 0.3) is 0 Å². The molecule has 0 aromatic carbocycles. The van der Waals surface area contributed by atoms with E-state index in [1.165, 1.54) is 11.5 Å². The van der Waals surface area contributed by atoms with Gasteiger partial charge in [0, 0.05) is 38.4 Å². The lowest BCUT2D eigenvalue weighted by Crippen LogP contribution is -2.36. The van der Waals surface area contributed by atoms with E-state index in [0.29, 0.717) is 6.04 Å². The van der Waals surface area contributed by atoms with Crippen molar-refractivity contribution < 1.29 is 4.79 Å². The lowest BCUT2D eigenvalue weighted by atomic mass is 10.3. The van der Waals surface area contributed by atoms with Gasteiger partial charge in [0.1, 0.15) is 0 Å². The number of hydrogen-bond acceptors (Lipinski definition) is 3. The normalized spacial score (nSPS) is 22.6. The van der Waals surface area contributed by atoms with Crippen molar-refractivity contribution in [3.63, 3.8) is 0 Å². The van der Waals surface area contributed by atoms with Gasteiger partial charge in [-0.2, -0.15) is 11.8 Å². The van der Waals surface area contributed by atoms with Crippen molar-refractivity contribution in [1.29, 1.82) is 0 Å². The van der Waals surface area contributed by atoms with Gasteiger partial charge in [-0.3, -0.25) is 4.79 Å². The first-order valence-corrected chi connectivity index (χ1v) is 6.45. The van der Waals surface area contributed by atoms with Crippen LogP contribution in [-0.4, -0.2) is 48.0 Å². The Hall–Kier alpha value is -0.220. The van der Waals surface area contributed by atoms with Crippen LogP contribution in [0.4, 0.5) is 0 Å². The Labute approximate surface area is 90.6 Å². The highest BCUT2D eigenvalue weighted by molar-refractivity contribution is 7.99. The van der Waals surface area contributed by atoms with Crippen LogP contribution in [0.5, 0.6) is 0 Å². The lowest BCUT2D eigenvalue weighted by Gasteiger charge is -2.15. The molecule has 1 aliphatic rings. The minimum absolute atomic E-state index is 0.0970. The molecule has 0 saturated carbocycles. The van der Waals surface area contributed by atoms with Gasteiger partial charge in [-0.1, -0.05) is 6.92 Å². The molecular formula is C10H20N2OS. The Morgan fingerprint density at radius 1 is 1.64 bits per heavy atom. The Balaban J connectivity index is 2.11. The van der Waals surface area contributed by atoms with E-state index >= 15 is 0 Å². The number of carbonyl (C=O) groups excluding carboxylic acids is 1. The molecule has 14 heavy (non-hydrogen) atoms. The zero-order valence-electron chi connectivity index (χ0n) is 9.08. The minimum atomic E-state index is 0.0970. The third-order valence-electron chi connectivity index (χ3n) is 2.44. The first kappa shape index (κ1) is 11.9. The van der Waals surface area contributed by atoms with Gasteiger partial charge < -0.3 is 10.2 Å². The maximum atomic E-state index is 10.8. The van der Waals surface area contributed by atoms with Gasteiger partial charge in [0.25, 0.3) is 0 Å². The molecule has 1 unspecified atom stereocenters. The van der Waals surface area contributed by atoms with Gasteiger partial charge in [0.05, 0.1) is 0 Å². The summed E-state index contributed by atoms with van der Waals surface area (Å²) in [5.74, 6) is 2.51. The van der Waals surface area contributed by atoms with Gasteiger partial charge in [-0.25, -0.2) is 0 Å². The summed E-state index contributed by atoms with van der Waals surface area (Å²) in [6.45, 7) is 7.11. The molecule has 1 heterocycles. The number of nitrogens with zero attached hydrogens (tertiary/aromatic N) is 1. The largest absolute Gasteiger partial charge is 0.352 e. The predicted molar refractivity (Wildman–Crippen MR) is 61.7 cm³/mol. The van der Waals surface area contributed by atoms with Crippen LogP contribution in [0.3, 0.4) is 0 Å². The summed E-state index contributed by atoms with van der Waals surface area (Å²) < 4.78 is 0. The molecule has 0 bridgehead atoms. The molecule has 82 valence electrons. The summed E-state index contributed by atoms with van der Waals surface area (Å²) in [6.07, 6.45) is 1.11. The van der Waals surface area contributed by atoms with Crippen molar-refractivity contribution >= 4 is 17.7 Å². The summed E-state index contributed by atoms with van der Waals surface area (Å²) in [5, 5.41) is 2.97. The molecule has 4 heteroatoms. The number of nitrogens with one attached hydrogen (secondary N) is 1. The quantitative estimate of drug-likeness (QED) is 0.695. The van der Waals surface area contributed by atoms with Crippen LogP contribution in [0.2, 0.25) is 0 Å². The highest BCUT2D eigenvalue weighted by Gasteiger charge is 2.21. The second-order valence-corrected chi connectivity index (χ2v) is 5.08. The smallest absolute Gasteiger partial charge is 0.217 e. The van der Waals surface area contributed by atoms with E-state index in [9.17, 15) is 4.79 Å². The van der Waals surface area contributed by atoms with E-state index in [1.54, 1.807) is 6.92 Å². The van der Waals surface area contributed by atoms with Crippen LogP contribution in [0.15, 0.2) is 0 Å². The van der Waals surface area contributed by atoms with Crippen molar-refractivity contribution in [1.82, 2.24) is 10.2 Å².